The van der Waals surface area contributed by atoms with Crippen LogP contribution in [0.2, 0.25) is 0 Å². The number of methoxy groups -OCH3 is 1. The third-order valence-corrected chi connectivity index (χ3v) is 5.13. The Balaban J connectivity index is 1.51. The van der Waals surface area contributed by atoms with Gasteiger partial charge >= 0.3 is 5.97 Å². The lowest BCUT2D eigenvalue weighted by Gasteiger charge is -2.09. The van der Waals surface area contributed by atoms with E-state index >= 15 is 0 Å². The minimum atomic E-state index is -0.612. The van der Waals surface area contributed by atoms with Crippen LogP contribution >= 0.6 is 11.3 Å². The largest absolute Gasteiger partial charge is 0.468 e. The summed E-state index contributed by atoms with van der Waals surface area (Å²) in [6, 6.07) is 0. The van der Waals surface area contributed by atoms with Crippen molar-refractivity contribution in [2.24, 2.45) is 10.2 Å². The van der Waals surface area contributed by atoms with Crippen LogP contribution in [0.3, 0.4) is 0 Å². The molecule has 3 rings (SSSR count). The lowest BCUT2D eigenvalue weighted by Crippen LogP contribution is -2.22. The molecule has 1 amide bonds. The van der Waals surface area contributed by atoms with Gasteiger partial charge in [0.15, 0.2) is 10.8 Å². The van der Waals surface area contributed by atoms with Crippen molar-refractivity contribution in [1.82, 2.24) is 4.98 Å². The SMILES string of the molecule is C#CCCC1(CCC(=O)Nc2nc(C3(C(=O)OC)CC3)cs2)N=N1. The van der Waals surface area contributed by atoms with Crippen LogP contribution in [-0.4, -0.2) is 29.6 Å². The van der Waals surface area contributed by atoms with E-state index in [0.717, 1.165) is 12.8 Å². The molecule has 0 unspecified atom stereocenters. The summed E-state index contributed by atoms with van der Waals surface area (Å²) in [4.78, 5) is 28.3. The highest BCUT2D eigenvalue weighted by molar-refractivity contribution is 7.14. The Labute approximate surface area is 143 Å². The first-order valence-corrected chi connectivity index (χ1v) is 8.63. The van der Waals surface area contributed by atoms with Gasteiger partial charge in [-0.05, 0) is 12.8 Å². The maximum absolute atomic E-state index is 12.1. The van der Waals surface area contributed by atoms with Gasteiger partial charge in [-0.2, -0.15) is 10.2 Å². The second-order valence-corrected chi connectivity index (χ2v) is 6.90. The van der Waals surface area contributed by atoms with Crippen molar-refractivity contribution >= 4 is 28.3 Å². The number of aromatic nitrogens is 1. The Bertz CT molecular complexity index is 724. The molecule has 1 aliphatic heterocycles. The summed E-state index contributed by atoms with van der Waals surface area (Å²) in [7, 11) is 1.38. The van der Waals surface area contributed by atoms with Gasteiger partial charge in [0.05, 0.1) is 12.8 Å². The predicted molar refractivity (Wildman–Crippen MR) is 88.6 cm³/mol. The van der Waals surface area contributed by atoms with Crippen LogP contribution in [-0.2, 0) is 19.7 Å². The first kappa shape index (κ1) is 16.6. The summed E-state index contributed by atoms with van der Waals surface area (Å²) < 4.78 is 4.84. The van der Waals surface area contributed by atoms with Gasteiger partial charge < -0.3 is 10.1 Å². The Morgan fingerprint density at radius 2 is 2.17 bits per heavy atom. The van der Waals surface area contributed by atoms with Gasteiger partial charge in [0.25, 0.3) is 0 Å². The number of carbonyl (C=O) groups is 2. The normalized spacial score (nSPS) is 18.5. The Morgan fingerprint density at radius 3 is 2.75 bits per heavy atom. The Kier molecular flexibility index (Phi) is 4.37. The molecule has 0 spiro atoms. The summed E-state index contributed by atoms with van der Waals surface area (Å²) in [6.07, 6.45) is 8.83. The molecule has 2 heterocycles. The van der Waals surface area contributed by atoms with Crippen LogP contribution in [0, 0.1) is 12.3 Å². The molecule has 1 aliphatic carbocycles. The molecule has 1 aromatic rings. The topological polar surface area (TPSA) is 93.0 Å². The van der Waals surface area contributed by atoms with Crippen molar-refractivity contribution in [2.45, 2.75) is 49.6 Å². The number of carbonyl (C=O) groups excluding carboxylic acids is 2. The van der Waals surface area contributed by atoms with Crippen molar-refractivity contribution in [3.05, 3.63) is 11.1 Å². The number of nitrogens with zero attached hydrogens (tertiary/aromatic N) is 3. The summed E-state index contributed by atoms with van der Waals surface area (Å²) in [5.41, 5.74) is -0.396. The lowest BCUT2D eigenvalue weighted by atomic mass is 10.0. The standard InChI is InChI=1S/C16H18N4O3S/c1-3-4-6-16(19-20-16)7-5-12(21)18-14-17-11(10-24-14)15(8-9-15)13(22)23-2/h1,10H,4-9H2,2H3,(H,17,18,21). The van der Waals surface area contributed by atoms with Crippen LogP contribution in [0.5, 0.6) is 0 Å². The summed E-state index contributed by atoms with van der Waals surface area (Å²) in [5.74, 6) is 2.15. The van der Waals surface area contributed by atoms with Gasteiger partial charge in [0.1, 0.15) is 5.41 Å². The predicted octanol–water partition coefficient (Wildman–Crippen LogP) is 2.64. The molecular formula is C16H18N4O3S. The first-order chi connectivity index (χ1) is 11.5. The van der Waals surface area contributed by atoms with Gasteiger partial charge in [-0.25, -0.2) is 4.98 Å². The maximum Gasteiger partial charge on any atom is 0.317 e. The quantitative estimate of drug-likeness (QED) is 0.578. The Morgan fingerprint density at radius 1 is 1.42 bits per heavy atom. The van der Waals surface area contributed by atoms with E-state index in [0.29, 0.717) is 36.5 Å². The maximum atomic E-state index is 12.1. The summed E-state index contributed by atoms with van der Waals surface area (Å²) in [6.45, 7) is 0. The average molecular weight is 346 g/mol. The van der Waals surface area contributed by atoms with Gasteiger partial charge in [-0.15, -0.1) is 23.7 Å². The number of terminal acetylenes is 1. The van der Waals surface area contributed by atoms with Crippen molar-refractivity contribution in [1.29, 1.82) is 0 Å². The average Bonchev–Trinajstić information content (AvgIpc) is 3.50. The molecule has 7 nitrogen and oxygen atoms in total. The molecule has 1 fully saturated rings. The number of rotatable bonds is 8. The zero-order chi connectivity index (χ0) is 17.2. The van der Waals surface area contributed by atoms with E-state index in [1.807, 2.05) is 0 Å². The molecule has 1 aromatic heterocycles. The molecular weight excluding hydrogens is 328 g/mol. The number of thiazole rings is 1. The lowest BCUT2D eigenvalue weighted by molar-refractivity contribution is -0.143. The van der Waals surface area contributed by atoms with E-state index in [1.54, 1.807) is 5.38 Å². The van der Waals surface area contributed by atoms with E-state index in [4.69, 9.17) is 11.2 Å². The van der Waals surface area contributed by atoms with E-state index in [9.17, 15) is 9.59 Å². The molecule has 1 N–H and O–H groups in total. The van der Waals surface area contributed by atoms with Crippen LogP contribution in [0.15, 0.2) is 15.6 Å². The van der Waals surface area contributed by atoms with Crippen LogP contribution in [0.25, 0.3) is 0 Å². The highest BCUT2D eigenvalue weighted by Crippen LogP contribution is 2.49. The Hall–Kier alpha value is -2.27. The van der Waals surface area contributed by atoms with Gasteiger partial charge in [-0.1, -0.05) is 0 Å². The third kappa shape index (κ3) is 3.31. The minimum absolute atomic E-state index is 0.142. The molecule has 8 heteroatoms. The number of hydrogen-bond donors (Lipinski definition) is 1. The molecule has 0 aromatic carbocycles. The first-order valence-electron chi connectivity index (χ1n) is 7.75. The zero-order valence-corrected chi connectivity index (χ0v) is 14.2. The number of anilines is 1. The smallest absolute Gasteiger partial charge is 0.317 e. The molecule has 0 radical (unpaired) electrons. The number of nitrogens with one attached hydrogen (secondary N) is 1. The van der Waals surface area contributed by atoms with E-state index in [-0.39, 0.29) is 11.9 Å². The van der Waals surface area contributed by atoms with E-state index in [2.05, 4.69) is 26.4 Å². The van der Waals surface area contributed by atoms with Crippen molar-refractivity contribution in [2.75, 3.05) is 12.4 Å². The molecule has 0 atom stereocenters. The molecule has 24 heavy (non-hydrogen) atoms. The van der Waals surface area contributed by atoms with Gasteiger partial charge in [0, 0.05) is 31.1 Å². The number of ether oxygens (including phenoxy) is 1. The number of amides is 1. The fraction of sp³-hybridized carbons (Fsp3) is 0.562. The summed E-state index contributed by atoms with van der Waals surface area (Å²) >= 11 is 1.31. The molecule has 2 aliphatic rings. The second kappa shape index (κ2) is 6.32. The highest BCUT2D eigenvalue weighted by atomic mass is 32.1. The van der Waals surface area contributed by atoms with Crippen molar-refractivity contribution < 1.29 is 14.3 Å². The molecule has 0 bridgehead atoms. The van der Waals surface area contributed by atoms with E-state index in [1.165, 1.54) is 18.4 Å². The fourth-order valence-corrected chi connectivity index (χ4v) is 3.43. The number of hydrogen-bond acceptors (Lipinski definition) is 7. The highest BCUT2D eigenvalue weighted by Gasteiger charge is 2.54. The van der Waals surface area contributed by atoms with E-state index < -0.39 is 11.1 Å². The third-order valence-electron chi connectivity index (χ3n) is 4.37. The molecule has 1 saturated carbocycles. The van der Waals surface area contributed by atoms with Crippen LogP contribution < -0.4 is 5.32 Å². The van der Waals surface area contributed by atoms with Gasteiger partial charge in [-0.3, -0.25) is 9.59 Å². The summed E-state index contributed by atoms with van der Waals surface area (Å²) in [5, 5.41) is 13.1. The number of esters is 1. The monoisotopic (exact) mass is 346 g/mol. The second-order valence-electron chi connectivity index (χ2n) is 6.05. The van der Waals surface area contributed by atoms with Crippen molar-refractivity contribution in [3.63, 3.8) is 0 Å². The van der Waals surface area contributed by atoms with Crippen LogP contribution in [0.1, 0.15) is 44.2 Å². The minimum Gasteiger partial charge on any atom is -0.468 e. The van der Waals surface area contributed by atoms with Crippen LogP contribution in [0.4, 0.5) is 5.13 Å². The molecule has 0 saturated heterocycles. The zero-order valence-electron chi connectivity index (χ0n) is 13.4. The fourth-order valence-electron chi connectivity index (χ4n) is 2.60. The van der Waals surface area contributed by atoms with Crippen molar-refractivity contribution in [3.8, 4) is 12.3 Å². The van der Waals surface area contributed by atoms with Gasteiger partial charge in [0.2, 0.25) is 5.91 Å². The molecule has 126 valence electrons.